The zero-order chi connectivity index (χ0) is 11.8. The van der Waals surface area contributed by atoms with Gasteiger partial charge in [-0.3, -0.25) is 0 Å². The van der Waals surface area contributed by atoms with Gasteiger partial charge >= 0.3 is 0 Å². The molecule has 2 atom stereocenters. The molecule has 2 unspecified atom stereocenters. The fourth-order valence-electron chi connectivity index (χ4n) is 2.28. The molecule has 1 aliphatic carbocycles. The van der Waals surface area contributed by atoms with Gasteiger partial charge in [-0.25, -0.2) is 8.42 Å². The Morgan fingerprint density at radius 3 is 2.69 bits per heavy atom. The van der Waals surface area contributed by atoms with Crippen molar-refractivity contribution in [1.29, 1.82) is 0 Å². The molecular formula is C12H16O3S. The molecule has 0 saturated carbocycles. The largest absolute Gasteiger partial charge is 0.388 e. The standard InChI is InChI=1S/C12H16O3S/c1-16(14,15)7-6-10-8-9-4-2-3-5-11(9)12(10)13/h2-5,10,12-13H,6-8H2,1H3. The molecule has 1 aromatic carbocycles. The molecule has 0 spiro atoms. The van der Waals surface area contributed by atoms with Crippen LogP contribution >= 0.6 is 0 Å². The van der Waals surface area contributed by atoms with Gasteiger partial charge in [0.15, 0.2) is 0 Å². The summed E-state index contributed by atoms with van der Waals surface area (Å²) in [6, 6.07) is 7.77. The summed E-state index contributed by atoms with van der Waals surface area (Å²) >= 11 is 0. The van der Waals surface area contributed by atoms with Crippen LogP contribution in [0.3, 0.4) is 0 Å². The van der Waals surface area contributed by atoms with E-state index < -0.39 is 15.9 Å². The van der Waals surface area contributed by atoms with Crippen molar-refractivity contribution >= 4 is 9.84 Å². The molecule has 0 amide bonds. The number of fused-ring (bicyclic) bond motifs is 1. The van der Waals surface area contributed by atoms with Gasteiger partial charge in [0.1, 0.15) is 9.84 Å². The summed E-state index contributed by atoms with van der Waals surface area (Å²) in [5, 5.41) is 10.0. The van der Waals surface area contributed by atoms with Crippen molar-refractivity contribution in [3.63, 3.8) is 0 Å². The maximum Gasteiger partial charge on any atom is 0.147 e. The van der Waals surface area contributed by atoms with E-state index in [0.29, 0.717) is 6.42 Å². The van der Waals surface area contributed by atoms with Gasteiger partial charge in [-0.2, -0.15) is 0 Å². The van der Waals surface area contributed by atoms with E-state index in [-0.39, 0.29) is 11.7 Å². The highest BCUT2D eigenvalue weighted by Crippen LogP contribution is 2.37. The Bertz CT molecular complexity index is 479. The van der Waals surface area contributed by atoms with Crippen LogP contribution in [0.4, 0.5) is 0 Å². The van der Waals surface area contributed by atoms with Gasteiger partial charge < -0.3 is 5.11 Å². The molecule has 4 heteroatoms. The van der Waals surface area contributed by atoms with Crippen molar-refractivity contribution in [1.82, 2.24) is 0 Å². The first-order valence-electron chi connectivity index (χ1n) is 5.41. The van der Waals surface area contributed by atoms with Gasteiger partial charge in [0.05, 0.1) is 11.9 Å². The zero-order valence-electron chi connectivity index (χ0n) is 9.26. The van der Waals surface area contributed by atoms with Crippen LogP contribution in [0.25, 0.3) is 0 Å². The number of hydrogen-bond donors (Lipinski definition) is 1. The van der Waals surface area contributed by atoms with Crippen molar-refractivity contribution in [3.05, 3.63) is 35.4 Å². The molecule has 0 radical (unpaired) electrons. The molecule has 16 heavy (non-hydrogen) atoms. The van der Waals surface area contributed by atoms with E-state index in [0.717, 1.165) is 17.5 Å². The Labute approximate surface area is 96.0 Å². The van der Waals surface area contributed by atoms with Crippen LogP contribution in [0.15, 0.2) is 24.3 Å². The number of sulfone groups is 1. The average molecular weight is 240 g/mol. The zero-order valence-corrected chi connectivity index (χ0v) is 10.1. The molecule has 1 aliphatic rings. The van der Waals surface area contributed by atoms with E-state index in [4.69, 9.17) is 0 Å². The van der Waals surface area contributed by atoms with E-state index in [1.54, 1.807) is 0 Å². The predicted octanol–water partition coefficient (Wildman–Crippen LogP) is 1.33. The normalized spacial score (nSPS) is 24.4. The van der Waals surface area contributed by atoms with Gasteiger partial charge in [0.2, 0.25) is 0 Å². The lowest BCUT2D eigenvalue weighted by Crippen LogP contribution is -2.13. The molecule has 0 aliphatic heterocycles. The van der Waals surface area contributed by atoms with Crippen molar-refractivity contribution < 1.29 is 13.5 Å². The van der Waals surface area contributed by atoms with E-state index in [2.05, 4.69) is 0 Å². The molecule has 1 N–H and O–H groups in total. The quantitative estimate of drug-likeness (QED) is 0.867. The lowest BCUT2D eigenvalue weighted by Gasteiger charge is -2.13. The highest BCUT2D eigenvalue weighted by Gasteiger charge is 2.30. The smallest absolute Gasteiger partial charge is 0.147 e. The molecule has 0 saturated heterocycles. The Kier molecular flexibility index (Phi) is 3.04. The van der Waals surface area contributed by atoms with Crippen molar-refractivity contribution in [2.45, 2.75) is 18.9 Å². The van der Waals surface area contributed by atoms with Crippen LogP contribution in [0, 0.1) is 5.92 Å². The van der Waals surface area contributed by atoms with Gasteiger partial charge in [-0.05, 0) is 29.9 Å². The molecule has 0 heterocycles. The molecule has 1 aromatic rings. The van der Waals surface area contributed by atoms with Gasteiger partial charge in [-0.1, -0.05) is 24.3 Å². The highest BCUT2D eigenvalue weighted by molar-refractivity contribution is 7.90. The van der Waals surface area contributed by atoms with E-state index in [1.165, 1.54) is 6.26 Å². The third-order valence-electron chi connectivity index (χ3n) is 3.16. The number of aliphatic hydroxyl groups is 1. The number of hydrogen-bond acceptors (Lipinski definition) is 3. The Morgan fingerprint density at radius 2 is 2.06 bits per heavy atom. The maximum absolute atomic E-state index is 11.1. The number of aliphatic hydroxyl groups excluding tert-OH is 1. The molecule has 3 nitrogen and oxygen atoms in total. The minimum atomic E-state index is -2.93. The Morgan fingerprint density at radius 1 is 1.38 bits per heavy atom. The lowest BCUT2D eigenvalue weighted by molar-refractivity contribution is 0.121. The van der Waals surface area contributed by atoms with Crippen LogP contribution in [0.5, 0.6) is 0 Å². The van der Waals surface area contributed by atoms with Crippen molar-refractivity contribution in [3.8, 4) is 0 Å². The fraction of sp³-hybridized carbons (Fsp3) is 0.500. The predicted molar refractivity (Wildman–Crippen MR) is 62.9 cm³/mol. The first-order valence-corrected chi connectivity index (χ1v) is 7.47. The number of benzene rings is 1. The second-order valence-electron chi connectivity index (χ2n) is 4.53. The van der Waals surface area contributed by atoms with Crippen molar-refractivity contribution in [2.24, 2.45) is 5.92 Å². The van der Waals surface area contributed by atoms with E-state index in [1.807, 2.05) is 24.3 Å². The third-order valence-corrected chi connectivity index (χ3v) is 4.14. The third kappa shape index (κ3) is 2.44. The molecule has 88 valence electrons. The van der Waals surface area contributed by atoms with Crippen LogP contribution in [0.1, 0.15) is 23.7 Å². The van der Waals surface area contributed by atoms with Crippen LogP contribution in [-0.2, 0) is 16.3 Å². The number of rotatable bonds is 3. The monoisotopic (exact) mass is 240 g/mol. The summed E-state index contributed by atoms with van der Waals surface area (Å²) in [7, 11) is -2.93. The second kappa shape index (κ2) is 4.18. The van der Waals surface area contributed by atoms with Crippen LogP contribution < -0.4 is 0 Å². The molecule has 0 fully saturated rings. The average Bonchev–Trinajstić information content (AvgIpc) is 2.53. The first kappa shape index (κ1) is 11.6. The first-order chi connectivity index (χ1) is 7.47. The summed E-state index contributed by atoms with van der Waals surface area (Å²) < 4.78 is 22.2. The minimum Gasteiger partial charge on any atom is -0.388 e. The van der Waals surface area contributed by atoms with E-state index in [9.17, 15) is 13.5 Å². The summed E-state index contributed by atoms with van der Waals surface area (Å²) in [4.78, 5) is 0. The van der Waals surface area contributed by atoms with Gasteiger partial charge in [0, 0.05) is 6.26 Å². The van der Waals surface area contributed by atoms with Crippen LogP contribution in [-0.4, -0.2) is 25.5 Å². The van der Waals surface area contributed by atoms with Crippen LogP contribution in [0.2, 0.25) is 0 Å². The summed E-state index contributed by atoms with van der Waals surface area (Å²) in [5.41, 5.74) is 2.11. The summed E-state index contributed by atoms with van der Waals surface area (Å²) in [6.07, 6.45) is 2.06. The van der Waals surface area contributed by atoms with Crippen molar-refractivity contribution in [2.75, 3.05) is 12.0 Å². The van der Waals surface area contributed by atoms with E-state index >= 15 is 0 Å². The molecule has 0 aromatic heterocycles. The summed E-state index contributed by atoms with van der Waals surface area (Å²) in [6.45, 7) is 0. The SMILES string of the molecule is CS(=O)(=O)CCC1Cc2ccccc2C1O. The van der Waals surface area contributed by atoms with Gasteiger partial charge in [0.25, 0.3) is 0 Å². The highest BCUT2D eigenvalue weighted by atomic mass is 32.2. The molecular weight excluding hydrogens is 224 g/mol. The Balaban J connectivity index is 2.07. The Hall–Kier alpha value is -0.870. The second-order valence-corrected chi connectivity index (χ2v) is 6.79. The minimum absolute atomic E-state index is 0.0483. The lowest BCUT2D eigenvalue weighted by atomic mass is 10.0. The maximum atomic E-state index is 11.1. The molecule has 2 rings (SSSR count). The summed E-state index contributed by atoms with van der Waals surface area (Å²) in [5.74, 6) is 0.204. The fourth-order valence-corrected chi connectivity index (χ4v) is 3.01. The van der Waals surface area contributed by atoms with Gasteiger partial charge in [-0.15, -0.1) is 0 Å². The topological polar surface area (TPSA) is 54.4 Å². The molecule has 0 bridgehead atoms.